The third-order valence-corrected chi connectivity index (χ3v) is 6.27. The molecule has 2 aromatic heterocycles. The van der Waals surface area contributed by atoms with Crippen molar-refractivity contribution in [3.63, 3.8) is 0 Å². The van der Waals surface area contributed by atoms with Crippen molar-refractivity contribution in [3.05, 3.63) is 52.6 Å². The summed E-state index contributed by atoms with van der Waals surface area (Å²) in [5, 5.41) is 0.123. The second kappa shape index (κ2) is 6.35. The minimum absolute atomic E-state index is 0.0250. The number of alkyl halides is 3. The van der Waals surface area contributed by atoms with Crippen molar-refractivity contribution in [1.82, 2.24) is 9.97 Å². The molecule has 2 aromatic rings. The summed E-state index contributed by atoms with van der Waals surface area (Å²) in [5.74, 6) is -0.126. The smallest absolute Gasteiger partial charge is 0.255 e. The van der Waals surface area contributed by atoms with Crippen LogP contribution in [0.4, 0.5) is 13.2 Å². The molecule has 0 bridgehead atoms. The van der Waals surface area contributed by atoms with E-state index in [1.54, 1.807) is 6.92 Å². The second-order valence-electron chi connectivity index (χ2n) is 5.96. The lowest BCUT2D eigenvalue weighted by molar-refractivity contribution is -0.137. The Morgan fingerprint density at radius 1 is 1.15 bits per heavy atom. The van der Waals surface area contributed by atoms with Gasteiger partial charge in [0, 0.05) is 24.4 Å². The second-order valence-corrected chi connectivity index (χ2v) is 8.59. The van der Waals surface area contributed by atoms with Crippen LogP contribution in [0, 0.1) is 6.92 Å². The van der Waals surface area contributed by atoms with Crippen LogP contribution in [-0.2, 0) is 22.4 Å². The number of hydrogen-bond acceptors (Lipinski definition) is 4. The number of sulfone groups is 1. The van der Waals surface area contributed by atoms with Crippen molar-refractivity contribution in [1.29, 1.82) is 0 Å². The fourth-order valence-electron chi connectivity index (χ4n) is 2.76. The molecule has 9 heteroatoms. The molecule has 0 aromatic carbocycles. The third-order valence-electron chi connectivity index (χ3n) is 4.12. The van der Waals surface area contributed by atoms with E-state index in [2.05, 4.69) is 9.97 Å². The van der Waals surface area contributed by atoms with Gasteiger partial charge >= 0.3 is 6.18 Å². The van der Waals surface area contributed by atoms with E-state index >= 15 is 0 Å². The summed E-state index contributed by atoms with van der Waals surface area (Å²) in [4.78, 5) is 8.06. The molecular weight excluding hydrogens is 389 g/mol. The Balaban J connectivity index is 2.14. The van der Waals surface area contributed by atoms with Crippen LogP contribution in [0.25, 0.3) is 10.6 Å². The predicted octanol–water partition coefficient (Wildman–Crippen LogP) is 4.26. The molecule has 0 N–H and O–H groups in total. The van der Waals surface area contributed by atoms with Gasteiger partial charge in [-0.3, -0.25) is 9.97 Å². The molecule has 0 fully saturated rings. The summed E-state index contributed by atoms with van der Waals surface area (Å²) >= 11 is 6.32. The number of aryl methyl sites for hydroxylation is 1. The van der Waals surface area contributed by atoms with Gasteiger partial charge in [0.2, 0.25) is 0 Å². The van der Waals surface area contributed by atoms with Crippen molar-refractivity contribution in [2.75, 3.05) is 5.75 Å². The van der Waals surface area contributed by atoms with Gasteiger partial charge in [-0.2, -0.15) is 13.2 Å². The number of rotatable bonds is 3. The number of halogens is 4. The lowest BCUT2D eigenvalue weighted by Gasteiger charge is -2.11. The molecule has 0 saturated carbocycles. The molecule has 1 aliphatic rings. The average Bonchev–Trinajstić information content (AvgIpc) is 2.90. The number of nitrogens with zero attached hydrogens (tertiary/aromatic N) is 2. The maximum absolute atomic E-state index is 12.9. The van der Waals surface area contributed by atoms with Crippen molar-refractivity contribution in [2.45, 2.75) is 31.3 Å². The summed E-state index contributed by atoms with van der Waals surface area (Å²) < 4.78 is 63.6. The Morgan fingerprint density at radius 2 is 1.81 bits per heavy atom. The topological polar surface area (TPSA) is 59.9 Å². The number of pyridine rings is 2. The minimum atomic E-state index is -4.52. The molecule has 3 rings (SSSR count). The minimum Gasteiger partial charge on any atom is -0.255 e. The molecule has 26 heavy (non-hydrogen) atoms. The number of fused-ring (bicyclic) bond motifs is 1. The summed E-state index contributed by atoms with van der Waals surface area (Å²) in [6.45, 7) is 3.22. The van der Waals surface area contributed by atoms with E-state index in [-0.39, 0.29) is 33.5 Å². The SMILES string of the molecule is CCS(=O)(=O)c1cc(C)cnc1C1=C(Cl)c2ncc(C(F)(F)F)cc2C1. The standard InChI is InChI=1S/C17H14ClF3N2O2S/c1-3-26(24,25)13-4-9(2)7-22-16(13)12-6-10-5-11(17(19,20)21)8-23-15(10)14(12)18/h4-5,7-8H,3,6H2,1-2H3. The van der Waals surface area contributed by atoms with Gasteiger partial charge in [-0.05, 0) is 30.2 Å². The summed E-state index contributed by atoms with van der Waals surface area (Å²) in [6.07, 6.45) is -2.27. The Labute approximate surface area is 153 Å². The fourth-order valence-corrected chi connectivity index (χ4v) is 4.23. The van der Waals surface area contributed by atoms with E-state index in [1.165, 1.54) is 19.2 Å². The molecule has 4 nitrogen and oxygen atoms in total. The van der Waals surface area contributed by atoms with Gasteiger partial charge in [-0.25, -0.2) is 8.42 Å². The van der Waals surface area contributed by atoms with Crippen LogP contribution in [-0.4, -0.2) is 24.1 Å². The summed E-state index contributed by atoms with van der Waals surface area (Å²) in [6, 6.07) is 2.48. The van der Waals surface area contributed by atoms with Gasteiger partial charge in [-0.1, -0.05) is 18.5 Å². The van der Waals surface area contributed by atoms with E-state index in [1.807, 2.05) is 0 Å². The molecule has 1 aliphatic carbocycles. The average molecular weight is 403 g/mol. The van der Waals surface area contributed by atoms with Crippen LogP contribution < -0.4 is 0 Å². The Bertz CT molecular complexity index is 1030. The maximum atomic E-state index is 12.9. The highest BCUT2D eigenvalue weighted by molar-refractivity contribution is 7.91. The zero-order valence-corrected chi connectivity index (χ0v) is 15.4. The van der Waals surface area contributed by atoms with Gasteiger partial charge in [0.15, 0.2) is 9.84 Å². The van der Waals surface area contributed by atoms with E-state index in [0.29, 0.717) is 16.7 Å². The molecule has 0 unspecified atom stereocenters. The highest BCUT2D eigenvalue weighted by Crippen LogP contribution is 2.42. The largest absolute Gasteiger partial charge is 0.417 e. The Morgan fingerprint density at radius 3 is 2.42 bits per heavy atom. The first-order valence-corrected chi connectivity index (χ1v) is 9.72. The maximum Gasteiger partial charge on any atom is 0.417 e. The van der Waals surface area contributed by atoms with Crippen molar-refractivity contribution in [3.8, 4) is 0 Å². The highest BCUT2D eigenvalue weighted by atomic mass is 35.5. The highest BCUT2D eigenvalue weighted by Gasteiger charge is 2.34. The predicted molar refractivity (Wildman–Crippen MR) is 92.3 cm³/mol. The van der Waals surface area contributed by atoms with Crippen LogP contribution in [0.2, 0.25) is 0 Å². The zero-order chi connectivity index (χ0) is 19.3. The van der Waals surface area contributed by atoms with E-state index in [9.17, 15) is 21.6 Å². The van der Waals surface area contributed by atoms with Gasteiger partial charge in [0.05, 0.1) is 32.6 Å². The molecule has 0 amide bonds. The zero-order valence-electron chi connectivity index (χ0n) is 13.9. The normalized spacial score (nSPS) is 14.7. The van der Waals surface area contributed by atoms with Crippen molar-refractivity contribution in [2.24, 2.45) is 0 Å². The first-order chi connectivity index (χ1) is 12.0. The van der Waals surface area contributed by atoms with Crippen molar-refractivity contribution < 1.29 is 21.6 Å². The Hall–Kier alpha value is -1.93. The lowest BCUT2D eigenvalue weighted by Crippen LogP contribution is -2.09. The van der Waals surface area contributed by atoms with Crippen molar-refractivity contribution >= 4 is 32.0 Å². The van der Waals surface area contributed by atoms with E-state index < -0.39 is 21.6 Å². The molecule has 0 radical (unpaired) electrons. The van der Waals surface area contributed by atoms with E-state index in [4.69, 9.17) is 11.6 Å². The third kappa shape index (κ3) is 3.23. The molecule has 0 saturated heterocycles. The van der Waals surface area contributed by atoms with Crippen LogP contribution in [0.5, 0.6) is 0 Å². The molecular formula is C17H14ClF3N2O2S. The van der Waals surface area contributed by atoms with E-state index in [0.717, 1.165) is 12.3 Å². The Kier molecular flexibility index (Phi) is 4.60. The van der Waals surface area contributed by atoms with Gasteiger partial charge in [-0.15, -0.1) is 0 Å². The first kappa shape index (κ1) is 18.8. The number of aromatic nitrogens is 2. The van der Waals surface area contributed by atoms with Crippen LogP contribution in [0.15, 0.2) is 29.4 Å². The van der Waals surface area contributed by atoms with Gasteiger partial charge in [0.25, 0.3) is 0 Å². The first-order valence-electron chi connectivity index (χ1n) is 7.69. The number of hydrogen-bond donors (Lipinski definition) is 0. The molecule has 0 spiro atoms. The van der Waals surface area contributed by atoms with Crippen LogP contribution in [0.1, 0.15) is 35.0 Å². The molecule has 0 aliphatic heterocycles. The van der Waals surface area contributed by atoms with Crippen LogP contribution >= 0.6 is 11.6 Å². The summed E-state index contributed by atoms with van der Waals surface area (Å²) in [5.41, 5.74) is 0.819. The van der Waals surface area contributed by atoms with Crippen LogP contribution in [0.3, 0.4) is 0 Å². The molecule has 138 valence electrons. The summed E-state index contributed by atoms with van der Waals surface area (Å²) in [7, 11) is -3.59. The van der Waals surface area contributed by atoms with Gasteiger partial charge < -0.3 is 0 Å². The monoisotopic (exact) mass is 402 g/mol. The quantitative estimate of drug-likeness (QED) is 0.769. The number of allylic oxidation sites excluding steroid dienone is 1. The molecule has 2 heterocycles. The molecule has 0 atom stereocenters. The lowest BCUT2D eigenvalue weighted by atomic mass is 10.1. The van der Waals surface area contributed by atoms with Gasteiger partial charge in [0.1, 0.15) is 0 Å². The fraction of sp³-hybridized carbons (Fsp3) is 0.294.